The minimum atomic E-state index is -0.262. The smallest absolute Gasteiger partial charge is 0.261 e. The molecule has 2 aliphatic rings. The summed E-state index contributed by atoms with van der Waals surface area (Å²) in [6.45, 7) is 6.24. The largest absolute Gasteiger partial charge is 0.342 e. The third-order valence-electron chi connectivity index (χ3n) is 5.85. The number of hydrogen-bond donors (Lipinski definition) is 0. The Kier molecular flexibility index (Phi) is 4.92. The Bertz CT molecular complexity index is 891. The molecule has 2 aromatic rings. The summed E-state index contributed by atoms with van der Waals surface area (Å²) in [4.78, 5) is 41.6. The van der Waals surface area contributed by atoms with Crippen LogP contribution in [0.5, 0.6) is 0 Å². The monoisotopic (exact) mass is 378 g/mol. The van der Waals surface area contributed by atoms with Gasteiger partial charge in [-0.2, -0.15) is 0 Å². The van der Waals surface area contributed by atoms with E-state index in [1.807, 2.05) is 29.2 Å². The summed E-state index contributed by atoms with van der Waals surface area (Å²) >= 11 is 0. The summed E-state index contributed by atoms with van der Waals surface area (Å²) in [7, 11) is 0. The second-order valence-electron chi connectivity index (χ2n) is 8.32. The predicted molar refractivity (Wildman–Crippen MR) is 108 cm³/mol. The van der Waals surface area contributed by atoms with Crippen molar-refractivity contribution in [2.75, 3.05) is 19.6 Å². The lowest BCUT2D eigenvalue weighted by molar-refractivity contribution is -0.134. The maximum absolute atomic E-state index is 12.9. The molecule has 2 unspecified atom stereocenters. The molecule has 0 bridgehead atoms. The van der Waals surface area contributed by atoms with E-state index in [0.29, 0.717) is 35.8 Å². The van der Waals surface area contributed by atoms with Crippen molar-refractivity contribution < 1.29 is 14.4 Å². The van der Waals surface area contributed by atoms with Gasteiger partial charge in [-0.3, -0.25) is 19.3 Å². The first-order chi connectivity index (χ1) is 13.5. The lowest BCUT2D eigenvalue weighted by atomic mass is 9.91. The van der Waals surface area contributed by atoms with Crippen molar-refractivity contribution in [1.29, 1.82) is 0 Å². The summed E-state index contributed by atoms with van der Waals surface area (Å²) in [5, 5.41) is 1.64. The zero-order valence-corrected chi connectivity index (χ0v) is 16.5. The molecule has 146 valence electrons. The van der Waals surface area contributed by atoms with Gasteiger partial charge < -0.3 is 4.90 Å². The van der Waals surface area contributed by atoms with Gasteiger partial charge in [-0.15, -0.1) is 0 Å². The molecule has 2 heterocycles. The number of carbonyl (C=O) groups is 3. The van der Waals surface area contributed by atoms with Crippen LogP contribution in [-0.4, -0.2) is 47.2 Å². The summed E-state index contributed by atoms with van der Waals surface area (Å²) in [6, 6.07) is 11.1. The molecule has 5 nitrogen and oxygen atoms in total. The van der Waals surface area contributed by atoms with Crippen LogP contribution in [0.15, 0.2) is 36.4 Å². The molecular weight excluding hydrogens is 352 g/mol. The van der Waals surface area contributed by atoms with Crippen LogP contribution in [0.3, 0.4) is 0 Å². The number of hydrogen-bond acceptors (Lipinski definition) is 3. The first-order valence-corrected chi connectivity index (χ1v) is 10.1. The van der Waals surface area contributed by atoms with Gasteiger partial charge in [0, 0.05) is 42.6 Å². The van der Waals surface area contributed by atoms with E-state index in [4.69, 9.17) is 0 Å². The zero-order chi connectivity index (χ0) is 19.8. The molecule has 0 spiro atoms. The molecule has 0 aromatic heterocycles. The molecule has 2 atom stereocenters. The molecule has 0 N–H and O–H groups in total. The SMILES string of the molecule is CC1CC(C)CN(C(=O)CCCN2C(=O)c3cccc4cccc(c34)C2=O)C1. The van der Waals surface area contributed by atoms with Gasteiger partial charge in [-0.1, -0.05) is 38.1 Å². The van der Waals surface area contributed by atoms with E-state index >= 15 is 0 Å². The number of rotatable bonds is 4. The fourth-order valence-electron chi connectivity index (χ4n) is 4.70. The van der Waals surface area contributed by atoms with Crippen LogP contribution < -0.4 is 0 Å². The molecule has 0 aliphatic carbocycles. The maximum Gasteiger partial charge on any atom is 0.261 e. The van der Waals surface area contributed by atoms with Crippen LogP contribution in [0.25, 0.3) is 10.8 Å². The third-order valence-corrected chi connectivity index (χ3v) is 5.85. The molecule has 2 aromatic carbocycles. The number of carbonyl (C=O) groups excluding carboxylic acids is 3. The highest BCUT2D eigenvalue weighted by Crippen LogP contribution is 2.30. The number of benzene rings is 2. The zero-order valence-electron chi connectivity index (χ0n) is 16.5. The van der Waals surface area contributed by atoms with Crippen LogP contribution in [0.2, 0.25) is 0 Å². The van der Waals surface area contributed by atoms with E-state index in [9.17, 15) is 14.4 Å². The Balaban J connectivity index is 1.44. The van der Waals surface area contributed by atoms with Gasteiger partial charge in [-0.25, -0.2) is 0 Å². The van der Waals surface area contributed by atoms with E-state index in [2.05, 4.69) is 13.8 Å². The van der Waals surface area contributed by atoms with Gasteiger partial charge in [0.1, 0.15) is 0 Å². The van der Waals surface area contributed by atoms with Crippen LogP contribution in [0.4, 0.5) is 0 Å². The minimum absolute atomic E-state index is 0.123. The molecule has 28 heavy (non-hydrogen) atoms. The minimum Gasteiger partial charge on any atom is -0.342 e. The van der Waals surface area contributed by atoms with Crippen molar-refractivity contribution in [2.45, 2.75) is 33.1 Å². The normalized spacial score (nSPS) is 22.1. The van der Waals surface area contributed by atoms with Crippen molar-refractivity contribution in [1.82, 2.24) is 9.80 Å². The number of nitrogens with zero attached hydrogens (tertiary/aromatic N) is 2. The van der Waals surface area contributed by atoms with Gasteiger partial charge in [0.25, 0.3) is 11.8 Å². The highest BCUT2D eigenvalue weighted by atomic mass is 16.2. The van der Waals surface area contributed by atoms with E-state index in [1.165, 1.54) is 4.90 Å². The van der Waals surface area contributed by atoms with Gasteiger partial charge in [-0.05, 0) is 42.2 Å². The van der Waals surface area contributed by atoms with Crippen molar-refractivity contribution >= 4 is 28.5 Å². The first-order valence-electron chi connectivity index (χ1n) is 10.1. The van der Waals surface area contributed by atoms with Gasteiger partial charge in [0.2, 0.25) is 5.91 Å². The quantitative estimate of drug-likeness (QED) is 0.762. The molecule has 0 radical (unpaired) electrons. The fraction of sp³-hybridized carbons (Fsp3) is 0.435. The van der Waals surface area contributed by atoms with E-state index < -0.39 is 0 Å². The van der Waals surface area contributed by atoms with E-state index in [1.54, 1.807) is 12.1 Å². The maximum atomic E-state index is 12.9. The second kappa shape index (κ2) is 7.38. The average molecular weight is 378 g/mol. The van der Waals surface area contributed by atoms with Gasteiger partial charge in [0.05, 0.1) is 0 Å². The molecule has 2 aliphatic heterocycles. The molecule has 3 amide bonds. The Morgan fingerprint density at radius 3 is 2.11 bits per heavy atom. The molecule has 1 saturated heterocycles. The summed E-state index contributed by atoms with van der Waals surface area (Å²) in [5.74, 6) is 0.645. The van der Waals surface area contributed by atoms with Gasteiger partial charge >= 0.3 is 0 Å². The first kappa shape index (κ1) is 18.7. The topological polar surface area (TPSA) is 57.7 Å². The van der Waals surface area contributed by atoms with Crippen molar-refractivity contribution in [3.05, 3.63) is 47.5 Å². The number of piperidine rings is 1. The standard InChI is InChI=1S/C23H26N2O3/c1-15-12-16(2)14-24(13-15)20(26)10-5-11-25-22(27)18-8-3-6-17-7-4-9-19(21(17)18)23(25)28/h3-4,6-9,15-16H,5,10-14H2,1-2H3. The Labute approximate surface area is 165 Å². The molecule has 1 fully saturated rings. The van der Waals surface area contributed by atoms with Crippen molar-refractivity contribution in [3.8, 4) is 0 Å². The van der Waals surface area contributed by atoms with Crippen molar-refractivity contribution in [2.24, 2.45) is 11.8 Å². The number of imide groups is 1. The molecule has 4 rings (SSSR count). The van der Waals surface area contributed by atoms with Crippen LogP contribution in [-0.2, 0) is 4.79 Å². The van der Waals surface area contributed by atoms with Crippen LogP contribution >= 0.6 is 0 Å². The third kappa shape index (κ3) is 3.30. The Morgan fingerprint density at radius 2 is 1.54 bits per heavy atom. The molecule has 0 saturated carbocycles. The van der Waals surface area contributed by atoms with E-state index in [0.717, 1.165) is 30.3 Å². The van der Waals surface area contributed by atoms with Crippen LogP contribution in [0.1, 0.15) is 53.8 Å². The summed E-state index contributed by atoms with van der Waals surface area (Å²) < 4.78 is 0. The van der Waals surface area contributed by atoms with E-state index in [-0.39, 0.29) is 24.3 Å². The molecular formula is C23H26N2O3. The van der Waals surface area contributed by atoms with Crippen molar-refractivity contribution in [3.63, 3.8) is 0 Å². The summed E-state index contributed by atoms with van der Waals surface area (Å²) in [5.41, 5.74) is 1.13. The number of likely N-dealkylation sites (tertiary alicyclic amines) is 1. The van der Waals surface area contributed by atoms with Crippen LogP contribution in [0, 0.1) is 11.8 Å². The summed E-state index contributed by atoms with van der Waals surface area (Å²) in [6.07, 6.45) is 2.02. The lowest BCUT2D eigenvalue weighted by Gasteiger charge is -2.35. The Hall–Kier alpha value is -2.69. The Morgan fingerprint density at radius 1 is 0.964 bits per heavy atom. The highest BCUT2D eigenvalue weighted by Gasteiger charge is 2.32. The number of amides is 3. The fourth-order valence-corrected chi connectivity index (χ4v) is 4.70. The lowest BCUT2D eigenvalue weighted by Crippen LogP contribution is -2.43. The van der Waals surface area contributed by atoms with Gasteiger partial charge in [0.15, 0.2) is 0 Å². The predicted octanol–water partition coefficient (Wildman–Crippen LogP) is 3.72. The molecule has 5 heteroatoms. The second-order valence-corrected chi connectivity index (χ2v) is 8.32. The average Bonchev–Trinajstić information content (AvgIpc) is 2.67. The highest BCUT2D eigenvalue weighted by molar-refractivity contribution is 6.25.